The second kappa shape index (κ2) is 9.57. The molecule has 0 bridgehead atoms. The summed E-state index contributed by atoms with van der Waals surface area (Å²) in [5.41, 5.74) is 0.834. The smallest absolute Gasteiger partial charge is 0.359 e. The molecule has 1 amide bonds. The monoisotopic (exact) mass is 420 g/mol. The van der Waals surface area contributed by atoms with Gasteiger partial charge in [0.05, 0.1) is 11.1 Å². The molecule has 2 aromatic rings. The standard InChI is InChI=1S/C19H24N4O5S/c1-5-23(6-2)29(26,27)17-11-15(8-7-13(17)3)22-18(24)14(4)28-19(25)16-12-20-9-10-21-16/h7-12,14H,5-6H2,1-4H3,(H,22,24)/t14-/m0/s1. The maximum Gasteiger partial charge on any atom is 0.359 e. The van der Waals surface area contributed by atoms with Crippen LogP contribution in [0.3, 0.4) is 0 Å². The Morgan fingerprint density at radius 3 is 2.48 bits per heavy atom. The van der Waals surface area contributed by atoms with Gasteiger partial charge in [-0.15, -0.1) is 0 Å². The highest BCUT2D eigenvalue weighted by Crippen LogP contribution is 2.24. The van der Waals surface area contributed by atoms with Crippen molar-refractivity contribution in [1.29, 1.82) is 0 Å². The molecule has 0 aliphatic rings. The Morgan fingerprint density at radius 1 is 1.21 bits per heavy atom. The van der Waals surface area contributed by atoms with Crippen molar-refractivity contribution in [2.24, 2.45) is 0 Å². The van der Waals surface area contributed by atoms with Gasteiger partial charge in [-0.1, -0.05) is 19.9 Å². The molecule has 1 heterocycles. The van der Waals surface area contributed by atoms with E-state index in [-0.39, 0.29) is 16.3 Å². The van der Waals surface area contributed by atoms with E-state index in [4.69, 9.17) is 4.74 Å². The molecule has 0 spiro atoms. The molecule has 10 heteroatoms. The van der Waals surface area contributed by atoms with E-state index in [2.05, 4.69) is 15.3 Å². The number of anilines is 1. The van der Waals surface area contributed by atoms with Gasteiger partial charge >= 0.3 is 5.97 Å². The number of hydrogen-bond donors (Lipinski definition) is 1. The summed E-state index contributed by atoms with van der Waals surface area (Å²) in [6, 6.07) is 4.60. The molecular weight excluding hydrogens is 396 g/mol. The van der Waals surface area contributed by atoms with Crippen molar-refractivity contribution in [1.82, 2.24) is 14.3 Å². The first-order valence-corrected chi connectivity index (χ1v) is 10.5. The lowest BCUT2D eigenvalue weighted by atomic mass is 10.2. The number of nitrogens with one attached hydrogen (secondary N) is 1. The van der Waals surface area contributed by atoms with E-state index in [1.807, 2.05) is 0 Å². The second-order valence-electron chi connectivity index (χ2n) is 6.20. The van der Waals surface area contributed by atoms with Crippen molar-refractivity contribution >= 4 is 27.6 Å². The fraction of sp³-hybridized carbons (Fsp3) is 0.368. The quantitative estimate of drug-likeness (QED) is 0.649. The van der Waals surface area contributed by atoms with Crippen molar-refractivity contribution in [3.63, 3.8) is 0 Å². The van der Waals surface area contributed by atoms with Crippen LogP contribution in [0, 0.1) is 6.92 Å². The third-order valence-corrected chi connectivity index (χ3v) is 6.40. The zero-order valence-electron chi connectivity index (χ0n) is 16.7. The predicted octanol–water partition coefficient (Wildman–Crippen LogP) is 2.00. The van der Waals surface area contributed by atoms with Crippen LogP contribution in [-0.4, -0.2) is 53.8 Å². The molecule has 0 aliphatic heterocycles. The van der Waals surface area contributed by atoms with Crippen LogP contribution in [0.4, 0.5) is 5.69 Å². The van der Waals surface area contributed by atoms with Gasteiger partial charge in [0.1, 0.15) is 0 Å². The molecule has 1 N–H and O–H groups in total. The van der Waals surface area contributed by atoms with Crippen molar-refractivity contribution in [3.8, 4) is 0 Å². The number of aryl methyl sites for hydroxylation is 1. The molecule has 0 saturated heterocycles. The first kappa shape index (κ1) is 22.4. The summed E-state index contributed by atoms with van der Waals surface area (Å²) in [4.78, 5) is 32.1. The molecule has 0 radical (unpaired) electrons. The van der Waals surface area contributed by atoms with E-state index in [9.17, 15) is 18.0 Å². The molecular formula is C19H24N4O5S. The Morgan fingerprint density at radius 2 is 1.90 bits per heavy atom. The SMILES string of the molecule is CCN(CC)S(=O)(=O)c1cc(NC(=O)[C@H](C)OC(=O)c2cnccn2)ccc1C. The van der Waals surface area contributed by atoms with E-state index >= 15 is 0 Å². The molecule has 2 rings (SSSR count). The molecule has 0 unspecified atom stereocenters. The molecule has 9 nitrogen and oxygen atoms in total. The Labute approximate surface area is 170 Å². The average Bonchev–Trinajstić information content (AvgIpc) is 2.70. The molecule has 0 fully saturated rings. The van der Waals surface area contributed by atoms with Crippen LogP contribution >= 0.6 is 0 Å². The highest BCUT2D eigenvalue weighted by Gasteiger charge is 2.25. The lowest BCUT2D eigenvalue weighted by Gasteiger charge is -2.20. The van der Waals surface area contributed by atoms with Crippen LogP contribution in [0.5, 0.6) is 0 Å². The van der Waals surface area contributed by atoms with Crippen LogP contribution in [0.1, 0.15) is 36.8 Å². The number of hydrogen-bond acceptors (Lipinski definition) is 7. The summed E-state index contributed by atoms with van der Waals surface area (Å²) >= 11 is 0. The third-order valence-electron chi connectivity index (χ3n) is 4.20. The largest absolute Gasteiger partial charge is 0.448 e. The fourth-order valence-electron chi connectivity index (χ4n) is 2.58. The first-order valence-electron chi connectivity index (χ1n) is 9.09. The van der Waals surface area contributed by atoms with Gasteiger partial charge in [0.25, 0.3) is 5.91 Å². The maximum atomic E-state index is 12.8. The number of amides is 1. The highest BCUT2D eigenvalue weighted by atomic mass is 32.2. The minimum Gasteiger partial charge on any atom is -0.448 e. The van der Waals surface area contributed by atoms with Gasteiger partial charge in [-0.2, -0.15) is 4.31 Å². The van der Waals surface area contributed by atoms with Crippen LogP contribution < -0.4 is 5.32 Å². The number of rotatable bonds is 8. The normalized spacial score (nSPS) is 12.4. The summed E-state index contributed by atoms with van der Waals surface area (Å²) in [6.45, 7) is 7.29. The van der Waals surface area contributed by atoms with Gasteiger partial charge in [-0.05, 0) is 31.5 Å². The van der Waals surface area contributed by atoms with Gasteiger partial charge in [0.2, 0.25) is 10.0 Å². The Balaban J connectivity index is 2.15. The second-order valence-corrected chi connectivity index (χ2v) is 8.10. The zero-order chi connectivity index (χ0) is 21.6. The predicted molar refractivity (Wildman–Crippen MR) is 107 cm³/mol. The third kappa shape index (κ3) is 5.36. The van der Waals surface area contributed by atoms with Gasteiger partial charge in [0, 0.05) is 31.2 Å². The number of sulfonamides is 1. The highest BCUT2D eigenvalue weighted by molar-refractivity contribution is 7.89. The van der Waals surface area contributed by atoms with Gasteiger partial charge in [-0.25, -0.2) is 18.2 Å². The number of carbonyl (C=O) groups is 2. The van der Waals surface area contributed by atoms with Crippen molar-refractivity contribution in [2.75, 3.05) is 18.4 Å². The van der Waals surface area contributed by atoms with Crippen LogP contribution in [-0.2, 0) is 19.6 Å². The van der Waals surface area contributed by atoms with Crippen LogP contribution in [0.15, 0.2) is 41.7 Å². The molecule has 29 heavy (non-hydrogen) atoms. The molecule has 0 saturated carbocycles. The average molecular weight is 420 g/mol. The molecule has 0 aliphatic carbocycles. The minimum atomic E-state index is -3.68. The summed E-state index contributed by atoms with van der Waals surface area (Å²) in [7, 11) is -3.68. The number of aromatic nitrogens is 2. The number of ether oxygens (including phenoxy) is 1. The Hall–Kier alpha value is -2.85. The fourth-order valence-corrected chi connectivity index (χ4v) is 4.29. The van der Waals surface area contributed by atoms with Crippen molar-refractivity contribution in [3.05, 3.63) is 48.0 Å². The topological polar surface area (TPSA) is 119 Å². The number of carbonyl (C=O) groups excluding carboxylic acids is 2. The summed E-state index contributed by atoms with van der Waals surface area (Å²) < 4.78 is 32.1. The van der Waals surface area contributed by atoms with E-state index in [0.29, 0.717) is 18.7 Å². The number of benzene rings is 1. The summed E-state index contributed by atoms with van der Waals surface area (Å²) in [5.74, 6) is -1.38. The minimum absolute atomic E-state index is 0.0184. The van der Waals surface area contributed by atoms with E-state index in [1.54, 1.807) is 32.9 Å². The zero-order valence-corrected chi connectivity index (χ0v) is 17.6. The van der Waals surface area contributed by atoms with E-state index in [1.165, 1.54) is 35.9 Å². The maximum absolute atomic E-state index is 12.8. The van der Waals surface area contributed by atoms with Crippen LogP contribution in [0.2, 0.25) is 0 Å². The van der Waals surface area contributed by atoms with E-state index in [0.717, 1.165) is 0 Å². The van der Waals surface area contributed by atoms with Gasteiger partial charge in [0.15, 0.2) is 11.8 Å². The molecule has 1 aromatic carbocycles. The van der Waals surface area contributed by atoms with Crippen molar-refractivity contribution < 1.29 is 22.7 Å². The van der Waals surface area contributed by atoms with Gasteiger partial charge in [-0.3, -0.25) is 9.78 Å². The summed E-state index contributed by atoms with van der Waals surface area (Å²) in [6.07, 6.45) is 2.87. The van der Waals surface area contributed by atoms with Crippen LogP contribution in [0.25, 0.3) is 0 Å². The number of nitrogens with zero attached hydrogens (tertiary/aromatic N) is 3. The molecule has 1 atom stereocenters. The number of esters is 1. The van der Waals surface area contributed by atoms with Gasteiger partial charge < -0.3 is 10.1 Å². The Kier molecular flexibility index (Phi) is 7.40. The van der Waals surface area contributed by atoms with Crippen molar-refractivity contribution in [2.45, 2.75) is 38.7 Å². The van der Waals surface area contributed by atoms with E-state index < -0.39 is 28.0 Å². The lowest BCUT2D eigenvalue weighted by Crippen LogP contribution is -2.32. The first-order chi connectivity index (χ1) is 13.7. The molecule has 1 aromatic heterocycles. The lowest BCUT2D eigenvalue weighted by molar-refractivity contribution is -0.123. The Bertz CT molecular complexity index is 975. The summed E-state index contributed by atoms with van der Waals surface area (Å²) in [5, 5.41) is 2.58. The molecule has 156 valence electrons.